The molecule has 0 unspecified atom stereocenters. The Hall–Kier alpha value is -0.870. The van der Waals surface area contributed by atoms with Gasteiger partial charge in [-0.3, -0.25) is 4.79 Å². The van der Waals surface area contributed by atoms with Crippen molar-refractivity contribution >= 4 is 17.2 Å². The van der Waals surface area contributed by atoms with Gasteiger partial charge in [0, 0.05) is 17.5 Å². The van der Waals surface area contributed by atoms with Crippen molar-refractivity contribution < 1.29 is 9.90 Å². The number of likely N-dealkylation sites (tertiary alicyclic amines) is 1. The van der Waals surface area contributed by atoms with E-state index in [4.69, 9.17) is 0 Å². The van der Waals surface area contributed by atoms with E-state index < -0.39 is 0 Å². The Labute approximate surface area is 131 Å². The minimum Gasteiger partial charge on any atom is -0.393 e. The molecule has 0 bridgehead atoms. The maximum absolute atomic E-state index is 12.9. The van der Waals surface area contributed by atoms with Crippen LogP contribution >= 0.6 is 11.3 Å². The summed E-state index contributed by atoms with van der Waals surface area (Å²) in [6, 6.07) is 2.33. The van der Waals surface area contributed by atoms with Crippen LogP contribution < -0.4 is 0 Å². The second-order valence-corrected chi connectivity index (χ2v) is 7.64. The van der Waals surface area contributed by atoms with Crippen LogP contribution in [0.15, 0.2) is 6.07 Å². The van der Waals surface area contributed by atoms with Gasteiger partial charge >= 0.3 is 0 Å². The van der Waals surface area contributed by atoms with Crippen LogP contribution in [-0.2, 0) is 12.8 Å². The van der Waals surface area contributed by atoms with E-state index in [-0.39, 0.29) is 18.1 Å². The molecule has 1 aromatic rings. The molecule has 1 aromatic heterocycles. The third kappa shape index (κ3) is 3.32. The molecule has 21 heavy (non-hydrogen) atoms. The molecule has 2 heterocycles. The zero-order valence-electron chi connectivity index (χ0n) is 12.8. The van der Waals surface area contributed by atoms with Gasteiger partial charge in [-0.25, -0.2) is 0 Å². The van der Waals surface area contributed by atoms with Crippen LogP contribution in [0.1, 0.15) is 65.6 Å². The van der Waals surface area contributed by atoms with Gasteiger partial charge in [-0.15, -0.1) is 11.3 Å². The van der Waals surface area contributed by atoms with E-state index in [0.29, 0.717) is 6.42 Å². The zero-order chi connectivity index (χ0) is 14.8. The summed E-state index contributed by atoms with van der Waals surface area (Å²) < 4.78 is 0. The molecule has 0 aromatic carbocycles. The van der Waals surface area contributed by atoms with Crippen LogP contribution in [-0.4, -0.2) is 34.6 Å². The molecule has 0 saturated carbocycles. The van der Waals surface area contributed by atoms with Crippen LogP contribution in [0.5, 0.6) is 0 Å². The summed E-state index contributed by atoms with van der Waals surface area (Å²) in [5, 5.41) is 9.73. The Morgan fingerprint density at radius 3 is 3.00 bits per heavy atom. The van der Waals surface area contributed by atoms with Crippen molar-refractivity contribution in [3.8, 4) is 0 Å². The van der Waals surface area contributed by atoms with Crippen LogP contribution in [0.25, 0.3) is 0 Å². The van der Waals surface area contributed by atoms with Crippen molar-refractivity contribution in [1.29, 1.82) is 0 Å². The van der Waals surface area contributed by atoms with Gasteiger partial charge in [0.1, 0.15) is 0 Å². The average Bonchev–Trinajstić information content (AvgIpc) is 2.94. The predicted octanol–water partition coefficient (Wildman–Crippen LogP) is 3.39. The highest BCUT2D eigenvalue weighted by Gasteiger charge is 2.29. The lowest BCUT2D eigenvalue weighted by molar-refractivity contribution is 0.0612. The quantitative estimate of drug-likeness (QED) is 0.930. The summed E-state index contributed by atoms with van der Waals surface area (Å²) in [4.78, 5) is 17.3. The molecule has 0 radical (unpaired) electrons. The average molecular weight is 307 g/mol. The first kappa shape index (κ1) is 15.0. The smallest absolute Gasteiger partial charge is 0.264 e. The highest BCUT2D eigenvalue weighted by Crippen LogP contribution is 2.32. The number of hydrogen-bond donors (Lipinski definition) is 1. The molecule has 3 nitrogen and oxygen atoms in total. The molecule has 116 valence electrons. The number of fused-ring (bicyclic) bond motifs is 1. The lowest BCUT2D eigenvalue weighted by Gasteiger charge is -2.30. The monoisotopic (exact) mass is 307 g/mol. The lowest BCUT2D eigenvalue weighted by atomic mass is 10.0. The van der Waals surface area contributed by atoms with Crippen LogP contribution in [0.3, 0.4) is 0 Å². The number of rotatable bonds is 3. The molecule has 1 fully saturated rings. The summed E-state index contributed by atoms with van der Waals surface area (Å²) in [6.45, 7) is 2.67. The van der Waals surface area contributed by atoms with Crippen molar-refractivity contribution in [2.24, 2.45) is 0 Å². The Morgan fingerprint density at radius 2 is 2.24 bits per heavy atom. The maximum Gasteiger partial charge on any atom is 0.264 e. The van der Waals surface area contributed by atoms with E-state index >= 15 is 0 Å². The fourth-order valence-electron chi connectivity index (χ4n) is 3.66. The van der Waals surface area contributed by atoms with Crippen LogP contribution in [0.2, 0.25) is 0 Å². The largest absolute Gasteiger partial charge is 0.393 e. The fourth-order valence-corrected chi connectivity index (χ4v) is 4.87. The van der Waals surface area contributed by atoms with Gasteiger partial charge < -0.3 is 10.0 Å². The van der Waals surface area contributed by atoms with Crippen molar-refractivity contribution in [1.82, 2.24) is 4.90 Å². The van der Waals surface area contributed by atoms with E-state index in [2.05, 4.69) is 6.07 Å². The molecular formula is C17H25NO2S. The second-order valence-electron chi connectivity index (χ2n) is 6.50. The first-order chi connectivity index (χ1) is 10.1. The molecule has 1 aliphatic carbocycles. The highest BCUT2D eigenvalue weighted by atomic mass is 32.1. The zero-order valence-corrected chi connectivity index (χ0v) is 13.6. The van der Waals surface area contributed by atoms with Crippen LogP contribution in [0, 0.1) is 0 Å². The van der Waals surface area contributed by atoms with Gasteiger partial charge in [-0.2, -0.15) is 0 Å². The number of aliphatic hydroxyl groups is 1. The third-order valence-corrected chi connectivity index (χ3v) is 5.93. The third-order valence-electron chi connectivity index (χ3n) is 4.71. The van der Waals surface area contributed by atoms with E-state index in [1.807, 2.05) is 11.8 Å². The van der Waals surface area contributed by atoms with Gasteiger partial charge in [-0.05, 0) is 57.1 Å². The molecule has 1 aliphatic heterocycles. The molecular weight excluding hydrogens is 282 g/mol. The van der Waals surface area contributed by atoms with Crippen molar-refractivity contribution in [3.05, 3.63) is 21.4 Å². The van der Waals surface area contributed by atoms with E-state index in [9.17, 15) is 9.90 Å². The van der Waals surface area contributed by atoms with E-state index in [0.717, 1.165) is 37.1 Å². The summed E-state index contributed by atoms with van der Waals surface area (Å²) in [5.41, 5.74) is 1.39. The predicted molar refractivity (Wildman–Crippen MR) is 85.9 cm³/mol. The minimum atomic E-state index is -0.336. The number of hydrogen-bond acceptors (Lipinski definition) is 3. The van der Waals surface area contributed by atoms with Crippen molar-refractivity contribution in [2.75, 3.05) is 6.54 Å². The summed E-state index contributed by atoms with van der Waals surface area (Å²) in [7, 11) is 0. The van der Waals surface area contributed by atoms with Crippen molar-refractivity contribution in [2.45, 2.75) is 70.4 Å². The van der Waals surface area contributed by atoms with Crippen molar-refractivity contribution in [3.63, 3.8) is 0 Å². The molecule has 0 spiro atoms. The van der Waals surface area contributed by atoms with Gasteiger partial charge in [0.05, 0.1) is 11.0 Å². The highest BCUT2D eigenvalue weighted by molar-refractivity contribution is 7.14. The van der Waals surface area contributed by atoms with Gasteiger partial charge in [0.2, 0.25) is 0 Å². The summed E-state index contributed by atoms with van der Waals surface area (Å²) in [6.07, 6.45) is 8.37. The Balaban J connectivity index is 1.78. The second kappa shape index (κ2) is 6.49. The molecule has 3 rings (SSSR count). The first-order valence-electron chi connectivity index (χ1n) is 8.26. The summed E-state index contributed by atoms with van der Waals surface area (Å²) in [5.74, 6) is 0.196. The van der Waals surface area contributed by atoms with E-state index in [1.54, 1.807) is 11.3 Å². The number of nitrogens with zero attached hydrogens (tertiary/aromatic N) is 1. The standard InChI is InChI=1S/C17H25NO2S/c1-12(19)10-14-7-3-2-4-9-18(14)17(20)16-11-13-6-5-8-15(13)21-16/h11-12,14,19H,2-10H2,1H3/t12-,14-/m0/s1. The Morgan fingerprint density at radius 1 is 1.38 bits per heavy atom. The van der Waals surface area contributed by atoms with E-state index in [1.165, 1.54) is 29.7 Å². The number of aliphatic hydroxyl groups excluding tert-OH is 1. The molecule has 1 amide bonds. The number of carbonyl (C=O) groups excluding carboxylic acids is 1. The molecule has 1 N–H and O–H groups in total. The number of carbonyl (C=O) groups is 1. The molecule has 2 atom stereocenters. The maximum atomic E-state index is 12.9. The van der Waals surface area contributed by atoms with Gasteiger partial charge in [-0.1, -0.05) is 12.8 Å². The minimum absolute atomic E-state index is 0.196. The Kier molecular flexibility index (Phi) is 4.65. The molecule has 4 heteroatoms. The lowest BCUT2D eigenvalue weighted by Crippen LogP contribution is -2.41. The molecule has 1 saturated heterocycles. The first-order valence-corrected chi connectivity index (χ1v) is 9.07. The topological polar surface area (TPSA) is 40.5 Å². The van der Waals surface area contributed by atoms with Crippen LogP contribution in [0.4, 0.5) is 0 Å². The fraction of sp³-hybridized carbons (Fsp3) is 0.706. The number of thiophene rings is 1. The molecule has 2 aliphatic rings. The number of amides is 1. The van der Waals surface area contributed by atoms with Gasteiger partial charge in [0.15, 0.2) is 0 Å². The number of aryl methyl sites for hydroxylation is 2. The normalized spacial score (nSPS) is 23.7. The summed E-state index contributed by atoms with van der Waals surface area (Å²) >= 11 is 1.70. The Bertz CT molecular complexity index is 487. The van der Waals surface area contributed by atoms with Gasteiger partial charge in [0.25, 0.3) is 5.91 Å². The SMILES string of the molecule is C[C@H](O)C[C@@H]1CCCCCN1C(=O)c1cc2c(s1)CCC2.